The van der Waals surface area contributed by atoms with Gasteiger partial charge in [0, 0.05) is 19.3 Å². The molecule has 0 heterocycles. The van der Waals surface area contributed by atoms with Gasteiger partial charge in [-0.3, -0.25) is 0 Å². The Kier molecular flexibility index (Phi) is 4.71. The number of nitrogens with zero attached hydrogens (tertiary/aromatic N) is 1. The third-order valence-electron chi connectivity index (χ3n) is 2.48. The Bertz CT molecular complexity index is 449. The first-order valence-corrected chi connectivity index (χ1v) is 7.65. The minimum absolute atomic E-state index is 0.382. The summed E-state index contributed by atoms with van der Waals surface area (Å²) in [5, 5.41) is 0. The van der Waals surface area contributed by atoms with Gasteiger partial charge in [0.2, 0.25) is 0 Å². The zero-order valence-electron chi connectivity index (χ0n) is 11.0. The molecule has 0 atom stereocenters. The van der Waals surface area contributed by atoms with Gasteiger partial charge in [-0.25, -0.2) is 8.42 Å². The molecule has 3 nitrogen and oxygen atoms in total. The molecule has 0 saturated carbocycles. The molecule has 0 aliphatic heterocycles. The Labute approximate surface area is 104 Å². The second-order valence-corrected chi connectivity index (χ2v) is 7.02. The lowest BCUT2D eigenvalue weighted by Crippen LogP contribution is -2.22. The predicted octanol–water partition coefficient (Wildman–Crippen LogP) is 2.18. The molecule has 0 saturated heterocycles. The van der Waals surface area contributed by atoms with E-state index in [1.165, 1.54) is 6.26 Å². The van der Waals surface area contributed by atoms with E-state index < -0.39 is 9.84 Å². The maximum atomic E-state index is 11.3. The summed E-state index contributed by atoms with van der Waals surface area (Å²) in [7, 11) is -1.01. The number of benzene rings is 1. The first-order chi connectivity index (χ1) is 7.79. The van der Waals surface area contributed by atoms with E-state index in [-0.39, 0.29) is 0 Å². The third kappa shape index (κ3) is 4.88. The van der Waals surface area contributed by atoms with Crippen molar-refractivity contribution in [3.63, 3.8) is 0 Å². The fourth-order valence-electron chi connectivity index (χ4n) is 1.84. The third-order valence-corrected chi connectivity index (χ3v) is 3.61. The lowest BCUT2D eigenvalue weighted by atomic mass is 10.2. The molecule has 0 amide bonds. The van der Waals surface area contributed by atoms with Gasteiger partial charge in [-0.2, -0.15) is 0 Å². The van der Waals surface area contributed by atoms with Crippen molar-refractivity contribution >= 4 is 9.84 Å². The van der Waals surface area contributed by atoms with E-state index in [1.807, 2.05) is 12.1 Å². The first-order valence-electron chi connectivity index (χ1n) is 5.76. The van der Waals surface area contributed by atoms with Crippen LogP contribution in [0.3, 0.4) is 0 Å². The van der Waals surface area contributed by atoms with Crippen molar-refractivity contribution in [2.24, 2.45) is 5.92 Å². The zero-order chi connectivity index (χ0) is 13.1. The number of hydrogen-bond acceptors (Lipinski definition) is 3. The molecule has 1 rings (SSSR count). The van der Waals surface area contributed by atoms with E-state index in [2.05, 4.69) is 25.8 Å². The lowest BCUT2D eigenvalue weighted by molar-refractivity contribution is 0.288. The summed E-state index contributed by atoms with van der Waals surface area (Å²) < 4.78 is 22.6. The molecular formula is C13H21NO2S. The van der Waals surface area contributed by atoms with Crippen LogP contribution >= 0.6 is 0 Å². The van der Waals surface area contributed by atoms with E-state index in [9.17, 15) is 8.42 Å². The first kappa shape index (κ1) is 14.2. The highest BCUT2D eigenvalue weighted by atomic mass is 32.2. The van der Waals surface area contributed by atoms with Crippen LogP contribution in [0, 0.1) is 5.92 Å². The Morgan fingerprint density at radius 2 is 1.71 bits per heavy atom. The maximum absolute atomic E-state index is 11.3. The molecule has 4 heteroatoms. The van der Waals surface area contributed by atoms with E-state index in [0.717, 1.165) is 18.7 Å². The maximum Gasteiger partial charge on any atom is 0.175 e. The monoisotopic (exact) mass is 255 g/mol. The van der Waals surface area contributed by atoms with Gasteiger partial charge in [-0.05, 0) is 30.7 Å². The second kappa shape index (κ2) is 5.65. The number of sulfone groups is 1. The van der Waals surface area contributed by atoms with Gasteiger partial charge in [-0.15, -0.1) is 0 Å². The molecule has 0 aromatic heterocycles. The average Bonchev–Trinajstić information content (AvgIpc) is 2.15. The molecule has 0 unspecified atom stereocenters. The predicted molar refractivity (Wildman–Crippen MR) is 70.7 cm³/mol. The van der Waals surface area contributed by atoms with E-state index in [4.69, 9.17) is 0 Å². The molecule has 0 aliphatic carbocycles. The van der Waals surface area contributed by atoms with Crippen molar-refractivity contribution in [2.45, 2.75) is 25.3 Å². The topological polar surface area (TPSA) is 37.4 Å². The van der Waals surface area contributed by atoms with Crippen LogP contribution in [0.1, 0.15) is 19.4 Å². The summed E-state index contributed by atoms with van der Waals surface area (Å²) in [4.78, 5) is 2.62. The second-order valence-electron chi connectivity index (χ2n) is 5.01. The van der Waals surface area contributed by atoms with Crippen molar-refractivity contribution in [1.29, 1.82) is 0 Å². The molecule has 1 aromatic carbocycles. The van der Waals surface area contributed by atoms with Crippen LogP contribution in [0.25, 0.3) is 0 Å². The van der Waals surface area contributed by atoms with Gasteiger partial charge < -0.3 is 4.90 Å². The Balaban J connectivity index is 2.69. The van der Waals surface area contributed by atoms with Gasteiger partial charge in [0.15, 0.2) is 9.84 Å². The quantitative estimate of drug-likeness (QED) is 0.809. The molecule has 0 bridgehead atoms. The highest BCUT2D eigenvalue weighted by Gasteiger charge is 2.07. The Morgan fingerprint density at radius 1 is 1.18 bits per heavy atom. The Hall–Kier alpha value is -0.870. The average molecular weight is 255 g/mol. The van der Waals surface area contributed by atoms with Crippen molar-refractivity contribution < 1.29 is 8.42 Å². The van der Waals surface area contributed by atoms with Gasteiger partial charge in [0.05, 0.1) is 4.90 Å². The lowest BCUT2D eigenvalue weighted by Gasteiger charge is -2.18. The van der Waals surface area contributed by atoms with Crippen LogP contribution < -0.4 is 0 Å². The fraction of sp³-hybridized carbons (Fsp3) is 0.538. The van der Waals surface area contributed by atoms with E-state index in [1.54, 1.807) is 12.1 Å². The van der Waals surface area contributed by atoms with E-state index in [0.29, 0.717) is 10.8 Å². The normalized spacial score (nSPS) is 12.4. The number of rotatable bonds is 5. The molecule has 0 aliphatic rings. The standard InChI is InChI=1S/C13H21NO2S/c1-11(2)9-14(3)10-12-5-7-13(8-6-12)17(4,15)16/h5-8,11H,9-10H2,1-4H3. The van der Waals surface area contributed by atoms with Crippen LogP contribution in [0.4, 0.5) is 0 Å². The minimum Gasteiger partial charge on any atom is -0.302 e. The Morgan fingerprint density at radius 3 is 2.12 bits per heavy atom. The van der Waals surface area contributed by atoms with Crippen LogP contribution in [0.15, 0.2) is 29.2 Å². The zero-order valence-corrected chi connectivity index (χ0v) is 11.8. The molecule has 0 N–H and O–H groups in total. The van der Waals surface area contributed by atoms with Crippen LogP contribution in [-0.4, -0.2) is 33.2 Å². The molecule has 0 spiro atoms. The summed E-state index contributed by atoms with van der Waals surface area (Å²) in [6, 6.07) is 7.11. The summed E-state index contributed by atoms with van der Waals surface area (Å²) in [5.74, 6) is 0.635. The van der Waals surface area contributed by atoms with E-state index >= 15 is 0 Å². The van der Waals surface area contributed by atoms with Crippen molar-refractivity contribution in [3.8, 4) is 0 Å². The largest absolute Gasteiger partial charge is 0.302 e. The molecular weight excluding hydrogens is 234 g/mol. The summed E-state index contributed by atoms with van der Waals surface area (Å²) in [5.41, 5.74) is 1.14. The summed E-state index contributed by atoms with van der Waals surface area (Å²) >= 11 is 0. The molecule has 0 fully saturated rings. The van der Waals surface area contributed by atoms with Crippen molar-refractivity contribution in [1.82, 2.24) is 4.90 Å². The van der Waals surface area contributed by atoms with Crippen molar-refractivity contribution in [3.05, 3.63) is 29.8 Å². The van der Waals surface area contributed by atoms with Gasteiger partial charge in [0.25, 0.3) is 0 Å². The fourth-order valence-corrected chi connectivity index (χ4v) is 2.47. The molecule has 1 aromatic rings. The van der Waals surface area contributed by atoms with Gasteiger partial charge in [0.1, 0.15) is 0 Å². The summed E-state index contributed by atoms with van der Waals surface area (Å²) in [6.07, 6.45) is 1.23. The molecule has 0 radical (unpaired) electrons. The van der Waals surface area contributed by atoms with Crippen molar-refractivity contribution in [2.75, 3.05) is 19.8 Å². The highest BCUT2D eigenvalue weighted by molar-refractivity contribution is 7.90. The summed E-state index contributed by atoms with van der Waals surface area (Å²) in [6.45, 7) is 6.25. The smallest absolute Gasteiger partial charge is 0.175 e. The number of hydrogen-bond donors (Lipinski definition) is 0. The SMILES string of the molecule is CC(C)CN(C)Cc1ccc(S(C)(=O)=O)cc1. The van der Waals surface area contributed by atoms with Gasteiger partial charge in [-0.1, -0.05) is 26.0 Å². The molecule has 96 valence electrons. The van der Waals surface area contributed by atoms with Crippen LogP contribution in [-0.2, 0) is 16.4 Å². The molecule has 17 heavy (non-hydrogen) atoms. The van der Waals surface area contributed by atoms with Gasteiger partial charge >= 0.3 is 0 Å². The minimum atomic E-state index is -3.08. The highest BCUT2D eigenvalue weighted by Crippen LogP contribution is 2.12. The van der Waals surface area contributed by atoms with Crippen LogP contribution in [0.5, 0.6) is 0 Å². The van der Waals surface area contributed by atoms with Crippen LogP contribution in [0.2, 0.25) is 0 Å².